The maximum Gasteiger partial charge on any atom is 0.196 e. The summed E-state index contributed by atoms with van der Waals surface area (Å²) < 4.78 is 0.882. The summed E-state index contributed by atoms with van der Waals surface area (Å²) in [4.78, 5) is 6.48. The van der Waals surface area contributed by atoms with Gasteiger partial charge in [-0.1, -0.05) is 18.5 Å². The molecular formula is C13H17BrClN3S. The van der Waals surface area contributed by atoms with Crippen LogP contribution in [-0.4, -0.2) is 30.1 Å². The van der Waals surface area contributed by atoms with Crippen molar-refractivity contribution in [3.05, 3.63) is 27.7 Å². The Labute approximate surface area is 131 Å². The smallest absolute Gasteiger partial charge is 0.196 e. The Hall–Kier alpha value is -0.390. The van der Waals surface area contributed by atoms with E-state index in [0.29, 0.717) is 17.0 Å². The molecule has 1 atom stereocenters. The molecule has 0 amide bonds. The number of thioether (sulfide) groups is 1. The Morgan fingerprint density at radius 2 is 2.37 bits per heavy atom. The van der Waals surface area contributed by atoms with E-state index in [1.807, 2.05) is 30.0 Å². The van der Waals surface area contributed by atoms with Crippen molar-refractivity contribution in [2.24, 2.45) is 10.7 Å². The van der Waals surface area contributed by atoms with Crippen molar-refractivity contribution >= 4 is 50.9 Å². The van der Waals surface area contributed by atoms with Gasteiger partial charge in [-0.2, -0.15) is 11.8 Å². The molecule has 19 heavy (non-hydrogen) atoms. The zero-order valence-corrected chi connectivity index (χ0v) is 13.9. The van der Waals surface area contributed by atoms with Crippen LogP contribution in [0.2, 0.25) is 5.02 Å². The van der Waals surface area contributed by atoms with Crippen molar-refractivity contribution in [3.63, 3.8) is 0 Å². The first kappa shape index (κ1) is 15.0. The monoisotopic (exact) mass is 361 g/mol. The van der Waals surface area contributed by atoms with Crippen LogP contribution in [0.5, 0.6) is 0 Å². The number of hydrogen-bond acceptors (Lipinski definition) is 4. The number of guanidine groups is 1. The van der Waals surface area contributed by atoms with Gasteiger partial charge in [0.05, 0.1) is 17.6 Å². The summed E-state index contributed by atoms with van der Waals surface area (Å²) in [5.74, 6) is 2.88. The van der Waals surface area contributed by atoms with Crippen LogP contribution in [0.15, 0.2) is 27.7 Å². The molecule has 2 rings (SSSR count). The van der Waals surface area contributed by atoms with Crippen LogP contribution in [-0.2, 0) is 0 Å². The van der Waals surface area contributed by atoms with E-state index in [2.05, 4.69) is 32.7 Å². The van der Waals surface area contributed by atoms with Crippen LogP contribution in [0.4, 0.5) is 5.69 Å². The van der Waals surface area contributed by atoms with E-state index in [1.54, 1.807) is 0 Å². The summed E-state index contributed by atoms with van der Waals surface area (Å²) in [7, 11) is 0. The maximum absolute atomic E-state index is 6.03. The topological polar surface area (TPSA) is 41.6 Å². The third kappa shape index (κ3) is 3.58. The van der Waals surface area contributed by atoms with E-state index in [4.69, 9.17) is 17.3 Å². The molecule has 0 radical (unpaired) electrons. The van der Waals surface area contributed by atoms with Gasteiger partial charge in [0.2, 0.25) is 0 Å². The Morgan fingerprint density at radius 3 is 3.05 bits per heavy atom. The van der Waals surface area contributed by atoms with Crippen LogP contribution in [0.1, 0.15) is 13.3 Å². The molecule has 104 valence electrons. The van der Waals surface area contributed by atoms with E-state index >= 15 is 0 Å². The van der Waals surface area contributed by atoms with Crippen LogP contribution < -0.4 is 10.6 Å². The lowest BCUT2D eigenvalue weighted by molar-refractivity contribution is 0.690. The Bertz CT molecular complexity index is 481. The Balaban J connectivity index is 2.14. The molecule has 1 aromatic rings. The van der Waals surface area contributed by atoms with Crippen molar-refractivity contribution in [3.8, 4) is 0 Å². The molecule has 3 nitrogen and oxygen atoms in total. The average molecular weight is 363 g/mol. The predicted molar refractivity (Wildman–Crippen MR) is 89.5 cm³/mol. The molecular weight excluding hydrogens is 346 g/mol. The molecule has 0 aliphatic carbocycles. The lowest BCUT2D eigenvalue weighted by atomic mass is 10.2. The highest BCUT2D eigenvalue weighted by Gasteiger charge is 2.27. The second-order valence-corrected chi connectivity index (χ2v) is 6.96. The zero-order valence-electron chi connectivity index (χ0n) is 10.8. The first-order valence-corrected chi connectivity index (χ1v) is 8.58. The van der Waals surface area contributed by atoms with Crippen molar-refractivity contribution in [2.45, 2.75) is 19.4 Å². The fourth-order valence-corrected chi connectivity index (χ4v) is 3.32. The second kappa shape index (κ2) is 6.86. The molecule has 0 spiro atoms. The second-order valence-electron chi connectivity index (χ2n) is 4.31. The Morgan fingerprint density at radius 1 is 1.58 bits per heavy atom. The molecule has 1 aromatic carbocycles. The molecule has 1 unspecified atom stereocenters. The highest BCUT2D eigenvalue weighted by Crippen LogP contribution is 2.30. The summed E-state index contributed by atoms with van der Waals surface area (Å²) in [5, 5.41) is 0.705. The van der Waals surface area contributed by atoms with Crippen LogP contribution in [0.3, 0.4) is 0 Å². The van der Waals surface area contributed by atoms with E-state index < -0.39 is 0 Å². The molecule has 0 fully saturated rings. The molecule has 0 saturated carbocycles. The van der Waals surface area contributed by atoms with Crippen molar-refractivity contribution in [2.75, 3.05) is 23.0 Å². The SMILES string of the molecule is CCSCCC1CN=C(N)N1c1ccc(Cl)c(Br)c1. The van der Waals surface area contributed by atoms with Gasteiger partial charge in [-0.25, -0.2) is 0 Å². The van der Waals surface area contributed by atoms with Crippen molar-refractivity contribution < 1.29 is 0 Å². The summed E-state index contributed by atoms with van der Waals surface area (Å²) in [6.07, 6.45) is 1.09. The van der Waals surface area contributed by atoms with Crippen molar-refractivity contribution in [1.82, 2.24) is 0 Å². The number of rotatable bonds is 5. The number of nitrogens with zero attached hydrogens (tertiary/aromatic N) is 2. The third-order valence-corrected chi connectivity index (χ3v) is 5.20. The summed E-state index contributed by atoms with van der Waals surface area (Å²) in [6, 6.07) is 6.22. The van der Waals surface area contributed by atoms with Gasteiger partial charge in [0.1, 0.15) is 0 Å². The number of halogens is 2. The standard InChI is InChI=1S/C13H17BrClN3S/c1-2-19-6-5-10-8-17-13(16)18(10)9-3-4-12(15)11(14)7-9/h3-4,7,10H,2,5-6,8H2,1H3,(H2,16,17). The third-order valence-electron chi connectivity index (χ3n) is 3.06. The van der Waals surface area contributed by atoms with E-state index in [0.717, 1.165) is 34.6 Å². The van der Waals surface area contributed by atoms with Gasteiger partial charge in [0, 0.05) is 10.2 Å². The summed E-state index contributed by atoms with van der Waals surface area (Å²) in [6.45, 7) is 2.95. The molecule has 1 aliphatic heterocycles. The minimum Gasteiger partial charge on any atom is -0.370 e. The maximum atomic E-state index is 6.03. The average Bonchev–Trinajstić information content (AvgIpc) is 2.75. The first-order chi connectivity index (χ1) is 9.13. The molecule has 0 bridgehead atoms. The number of nitrogens with two attached hydrogens (primary N) is 1. The number of aliphatic imine (C=N–C) groups is 1. The van der Waals surface area contributed by atoms with Gasteiger partial charge < -0.3 is 10.6 Å². The largest absolute Gasteiger partial charge is 0.370 e. The minimum atomic E-state index is 0.354. The minimum absolute atomic E-state index is 0.354. The number of anilines is 1. The molecule has 0 aromatic heterocycles. The molecule has 0 saturated heterocycles. The normalized spacial score (nSPS) is 18.8. The number of hydrogen-bond donors (Lipinski definition) is 1. The molecule has 1 heterocycles. The van der Waals surface area contributed by atoms with E-state index in [-0.39, 0.29) is 0 Å². The van der Waals surface area contributed by atoms with Crippen LogP contribution in [0, 0.1) is 0 Å². The lowest BCUT2D eigenvalue weighted by Gasteiger charge is -2.26. The fourth-order valence-electron chi connectivity index (χ4n) is 2.11. The highest BCUT2D eigenvalue weighted by molar-refractivity contribution is 9.10. The lowest BCUT2D eigenvalue weighted by Crippen LogP contribution is -2.41. The van der Waals surface area contributed by atoms with Gasteiger partial charge >= 0.3 is 0 Å². The summed E-state index contributed by atoms with van der Waals surface area (Å²) in [5.41, 5.74) is 7.06. The van der Waals surface area contributed by atoms with Gasteiger partial charge in [0.25, 0.3) is 0 Å². The molecule has 6 heteroatoms. The van der Waals surface area contributed by atoms with Crippen LogP contribution >= 0.6 is 39.3 Å². The van der Waals surface area contributed by atoms with Gasteiger partial charge in [-0.05, 0) is 52.1 Å². The number of benzene rings is 1. The first-order valence-electron chi connectivity index (χ1n) is 6.25. The van der Waals surface area contributed by atoms with Gasteiger partial charge in [-0.15, -0.1) is 0 Å². The van der Waals surface area contributed by atoms with Crippen LogP contribution in [0.25, 0.3) is 0 Å². The zero-order chi connectivity index (χ0) is 13.8. The van der Waals surface area contributed by atoms with E-state index in [1.165, 1.54) is 0 Å². The van der Waals surface area contributed by atoms with E-state index in [9.17, 15) is 0 Å². The van der Waals surface area contributed by atoms with Gasteiger partial charge in [-0.3, -0.25) is 4.99 Å². The summed E-state index contributed by atoms with van der Waals surface area (Å²) >= 11 is 11.4. The molecule has 2 N–H and O–H groups in total. The fraction of sp³-hybridized carbons (Fsp3) is 0.462. The highest BCUT2D eigenvalue weighted by atomic mass is 79.9. The van der Waals surface area contributed by atoms with Gasteiger partial charge in [0.15, 0.2) is 5.96 Å². The van der Waals surface area contributed by atoms with Crippen molar-refractivity contribution in [1.29, 1.82) is 0 Å². The quantitative estimate of drug-likeness (QED) is 0.811. The Kier molecular flexibility index (Phi) is 5.42. The molecule has 1 aliphatic rings. The predicted octanol–water partition coefficient (Wildman–Crippen LogP) is 3.75.